The summed E-state index contributed by atoms with van der Waals surface area (Å²) < 4.78 is 54.1. The number of nitrogens with one attached hydrogen (secondary N) is 1. The van der Waals surface area contributed by atoms with Gasteiger partial charge in [0.2, 0.25) is 0 Å². The summed E-state index contributed by atoms with van der Waals surface area (Å²) in [6.45, 7) is 4.88. The smallest absolute Gasteiger partial charge is 0.416 e. The summed E-state index contributed by atoms with van der Waals surface area (Å²) in [6.07, 6.45) is -5.93. The fourth-order valence-electron chi connectivity index (χ4n) is 2.69. The van der Waals surface area contributed by atoms with E-state index in [1.165, 1.54) is 6.07 Å². The molecule has 1 amide bonds. The summed E-state index contributed by atoms with van der Waals surface area (Å²) >= 11 is 3.18. The standard InChI is InChI=1S/C20H25BrF3NO6/c1-19(2,3)31-18(28)25-15(17(27)30-5)10-12(16(26)29-4)8-11-9-13(20(22,23)24)6-7-14(11)21/h6-7,9,12,15H,8,10H2,1-5H3,(H,25,28). The van der Waals surface area contributed by atoms with Crippen LogP contribution < -0.4 is 5.32 Å². The van der Waals surface area contributed by atoms with Crippen molar-refractivity contribution in [3.05, 3.63) is 33.8 Å². The third kappa shape index (κ3) is 8.76. The van der Waals surface area contributed by atoms with E-state index in [0.29, 0.717) is 4.47 Å². The number of alkyl carbamates (subject to hydrolysis) is 1. The summed E-state index contributed by atoms with van der Waals surface area (Å²) in [5, 5.41) is 2.33. The monoisotopic (exact) mass is 511 g/mol. The van der Waals surface area contributed by atoms with E-state index in [0.717, 1.165) is 26.4 Å². The van der Waals surface area contributed by atoms with Crippen LogP contribution in [0.15, 0.2) is 22.7 Å². The number of rotatable bonds is 7. The highest BCUT2D eigenvalue weighted by Crippen LogP contribution is 2.33. The van der Waals surface area contributed by atoms with Crippen LogP contribution in [0.3, 0.4) is 0 Å². The predicted molar refractivity (Wildman–Crippen MR) is 108 cm³/mol. The van der Waals surface area contributed by atoms with Crippen molar-refractivity contribution in [1.82, 2.24) is 5.32 Å². The van der Waals surface area contributed by atoms with Crippen LogP contribution in [0.5, 0.6) is 0 Å². The third-order valence-corrected chi connectivity index (χ3v) is 4.84. The summed E-state index contributed by atoms with van der Waals surface area (Å²) in [6, 6.07) is 1.76. The lowest BCUT2D eigenvalue weighted by atomic mass is 9.92. The van der Waals surface area contributed by atoms with Crippen molar-refractivity contribution < 1.29 is 41.8 Å². The van der Waals surface area contributed by atoms with E-state index in [2.05, 4.69) is 26.0 Å². The molecular weight excluding hydrogens is 487 g/mol. The van der Waals surface area contributed by atoms with Crippen molar-refractivity contribution in [3.8, 4) is 0 Å². The molecule has 0 aliphatic heterocycles. The number of amides is 1. The number of carbonyl (C=O) groups is 3. The van der Waals surface area contributed by atoms with Gasteiger partial charge in [0, 0.05) is 4.47 Å². The van der Waals surface area contributed by atoms with E-state index >= 15 is 0 Å². The number of ether oxygens (including phenoxy) is 3. The number of alkyl halides is 3. The van der Waals surface area contributed by atoms with Gasteiger partial charge in [-0.15, -0.1) is 0 Å². The molecule has 0 aliphatic carbocycles. The predicted octanol–water partition coefficient (Wildman–Crippen LogP) is 4.26. The topological polar surface area (TPSA) is 90.9 Å². The van der Waals surface area contributed by atoms with Gasteiger partial charge in [0.05, 0.1) is 25.7 Å². The molecule has 2 unspecified atom stereocenters. The van der Waals surface area contributed by atoms with Gasteiger partial charge < -0.3 is 19.5 Å². The van der Waals surface area contributed by atoms with Gasteiger partial charge in [-0.05, 0) is 57.4 Å². The average molecular weight is 512 g/mol. The number of carbonyl (C=O) groups excluding carboxylic acids is 3. The van der Waals surface area contributed by atoms with E-state index in [1.54, 1.807) is 20.8 Å². The molecule has 31 heavy (non-hydrogen) atoms. The SMILES string of the molecule is COC(=O)C(Cc1cc(C(F)(F)F)ccc1Br)CC(NC(=O)OC(C)(C)C)C(=O)OC. The second-order valence-electron chi connectivity index (χ2n) is 7.69. The summed E-state index contributed by atoms with van der Waals surface area (Å²) in [7, 11) is 2.22. The number of benzene rings is 1. The Kier molecular flexibility index (Phi) is 9.34. The van der Waals surface area contributed by atoms with Gasteiger partial charge >= 0.3 is 24.2 Å². The average Bonchev–Trinajstić information content (AvgIpc) is 2.64. The molecule has 0 bridgehead atoms. The first-order chi connectivity index (χ1) is 14.2. The number of esters is 2. The second kappa shape index (κ2) is 10.8. The molecule has 0 heterocycles. The van der Waals surface area contributed by atoms with Gasteiger partial charge in [0.25, 0.3) is 0 Å². The highest BCUT2D eigenvalue weighted by Gasteiger charge is 2.34. The quantitative estimate of drug-likeness (QED) is 0.434. The van der Waals surface area contributed by atoms with Crippen LogP contribution in [0.1, 0.15) is 38.3 Å². The van der Waals surface area contributed by atoms with Crippen molar-refractivity contribution in [2.24, 2.45) is 5.92 Å². The zero-order chi connectivity index (χ0) is 24.0. The molecule has 7 nitrogen and oxygen atoms in total. The molecular formula is C20H25BrF3NO6. The summed E-state index contributed by atoms with van der Waals surface area (Å²) in [5.74, 6) is -2.66. The van der Waals surface area contributed by atoms with Crippen LogP contribution in [0.25, 0.3) is 0 Å². The van der Waals surface area contributed by atoms with Crippen LogP contribution in [0.4, 0.5) is 18.0 Å². The highest BCUT2D eigenvalue weighted by molar-refractivity contribution is 9.10. The first-order valence-electron chi connectivity index (χ1n) is 9.18. The zero-order valence-corrected chi connectivity index (χ0v) is 19.3. The minimum atomic E-state index is -4.57. The molecule has 1 aromatic rings. The Morgan fingerprint density at radius 3 is 2.13 bits per heavy atom. The number of hydrogen-bond donors (Lipinski definition) is 1. The molecule has 0 aliphatic rings. The van der Waals surface area contributed by atoms with Gasteiger partial charge in [-0.25, -0.2) is 9.59 Å². The van der Waals surface area contributed by atoms with E-state index in [4.69, 9.17) is 9.47 Å². The van der Waals surface area contributed by atoms with Crippen molar-refractivity contribution in [2.45, 2.75) is 51.4 Å². The number of methoxy groups -OCH3 is 2. The Morgan fingerprint density at radius 1 is 1.06 bits per heavy atom. The molecule has 0 saturated carbocycles. The zero-order valence-electron chi connectivity index (χ0n) is 17.8. The van der Waals surface area contributed by atoms with Crippen LogP contribution in [-0.4, -0.2) is 43.9 Å². The molecule has 0 fully saturated rings. The maximum Gasteiger partial charge on any atom is 0.416 e. The molecule has 11 heteroatoms. The van der Waals surface area contributed by atoms with Gasteiger partial charge in [0.1, 0.15) is 11.6 Å². The maximum absolute atomic E-state index is 13.1. The molecule has 0 radical (unpaired) electrons. The largest absolute Gasteiger partial charge is 0.469 e. The maximum atomic E-state index is 13.1. The molecule has 0 saturated heterocycles. The van der Waals surface area contributed by atoms with Gasteiger partial charge in [-0.2, -0.15) is 13.2 Å². The lowest BCUT2D eigenvalue weighted by molar-refractivity contribution is -0.148. The molecule has 1 N–H and O–H groups in total. The van der Waals surface area contributed by atoms with Crippen LogP contribution in [0, 0.1) is 5.92 Å². The van der Waals surface area contributed by atoms with Crippen molar-refractivity contribution in [2.75, 3.05) is 14.2 Å². The summed E-state index contributed by atoms with van der Waals surface area (Å²) in [5.41, 5.74) is -1.54. The van der Waals surface area contributed by atoms with Gasteiger partial charge in [-0.1, -0.05) is 15.9 Å². The van der Waals surface area contributed by atoms with Crippen molar-refractivity contribution >= 4 is 34.0 Å². The Bertz CT molecular complexity index is 807. The van der Waals surface area contributed by atoms with E-state index in [1.807, 2.05) is 0 Å². The minimum Gasteiger partial charge on any atom is -0.469 e. The van der Waals surface area contributed by atoms with Crippen molar-refractivity contribution in [1.29, 1.82) is 0 Å². The molecule has 0 aromatic heterocycles. The molecule has 174 valence electrons. The number of hydrogen-bond acceptors (Lipinski definition) is 6. The number of halogens is 4. The van der Waals surface area contributed by atoms with Crippen LogP contribution in [-0.2, 0) is 36.4 Å². The van der Waals surface area contributed by atoms with Gasteiger partial charge in [0.15, 0.2) is 0 Å². The molecule has 1 rings (SSSR count). The lowest BCUT2D eigenvalue weighted by Crippen LogP contribution is -2.46. The fourth-order valence-corrected chi connectivity index (χ4v) is 3.10. The Morgan fingerprint density at radius 2 is 1.65 bits per heavy atom. The highest BCUT2D eigenvalue weighted by atomic mass is 79.9. The van der Waals surface area contributed by atoms with E-state index < -0.39 is 47.3 Å². The Balaban J connectivity index is 3.16. The molecule has 1 aromatic carbocycles. The Hall–Kier alpha value is -2.30. The fraction of sp³-hybridized carbons (Fsp3) is 0.550. The lowest BCUT2D eigenvalue weighted by Gasteiger charge is -2.25. The first-order valence-corrected chi connectivity index (χ1v) is 9.98. The third-order valence-electron chi connectivity index (χ3n) is 4.07. The summed E-state index contributed by atoms with van der Waals surface area (Å²) in [4.78, 5) is 36.6. The first kappa shape index (κ1) is 26.7. The van der Waals surface area contributed by atoms with Gasteiger partial charge in [-0.3, -0.25) is 4.79 Å². The second-order valence-corrected chi connectivity index (χ2v) is 8.54. The normalized spacial score (nSPS) is 13.7. The molecule has 2 atom stereocenters. The molecule has 0 spiro atoms. The van der Waals surface area contributed by atoms with E-state index in [-0.39, 0.29) is 18.4 Å². The van der Waals surface area contributed by atoms with Crippen LogP contribution in [0.2, 0.25) is 0 Å². The van der Waals surface area contributed by atoms with E-state index in [9.17, 15) is 27.6 Å². The van der Waals surface area contributed by atoms with Crippen LogP contribution >= 0.6 is 15.9 Å². The minimum absolute atomic E-state index is 0.180. The van der Waals surface area contributed by atoms with Crippen molar-refractivity contribution in [3.63, 3.8) is 0 Å². The Labute approximate surface area is 186 Å².